The van der Waals surface area contributed by atoms with Crippen molar-refractivity contribution in [2.75, 3.05) is 5.32 Å². The molecule has 6 aromatic heterocycles. The first-order chi connectivity index (χ1) is 17.9. The predicted octanol–water partition coefficient (Wildman–Crippen LogP) is 5.56. The highest BCUT2D eigenvalue weighted by Gasteiger charge is 2.22. The number of nitrogens with one attached hydrogen (secondary N) is 3. The smallest absolute Gasteiger partial charge is 0.226 e. The Hall–Kier alpha value is -4.58. The number of hydrogen-bond acceptors (Lipinski definition) is 7. The van der Waals surface area contributed by atoms with Crippen LogP contribution in [-0.4, -0.2) is 41.0 Å². The minimum absolute atomic E-state index is 0.0517. The van der Waals surface area contributed by atoms with Crippen LogP contribution in [0.4, 0.5) is 14.5 Å². The van der Waals surface area contributed by atoms with Gasteiger partial charge >= 0.3 is 0 Å². The Bertz CT molecular complexity index is 1810. The van der Waals surface area contributed by atoms with Crippen LogP contribution >= 0.6 is 11.3 Å². The number of fused-ring (bicyclic) bond motifs is 2. The number of hydrogen-bond donors (Lipinski definition) is 3. The number of H-pyrrole nitrogens is 2. The van der Waals surface area contributed by atoms with Crippen LogP contribution in [0.15, 0.2) is 49.2 Å². The number of carbonyl (C=O) groups excluding carboxylic acids is 1. The van der Waals surface area contributed by atoms with Crippen LogP contribution in [0.25, 0.3) is 55.2 Å². The van der Waals surface area contributed by atoms with Crippen LogP contribution < -0.4 is 5.32 Å². The minimum atomic E-state index is -0.616. The van der Waals surface area contributed by atoms with Gasteiger partial charge in [-0.05, 0) is 18.2 Å². The van der Waals surface area contributed by atoms with Crippen molar-refractivity contribution < 1.29 is 13.6 Å². The van der Waals surface area contributed by atoms with E-state index in [4.69, 9.17) is 0 Å². The third-order valence-electron chi connectivity index (χ3n) is 5.81. The summed E-state index contributed by atoms with van der Waals surface area (Å²) in [5.74, 6) is -0.695. The molecule has 0 saturated carbocycles. The SMILES string of the molecule is CC(C)C(=O)Nc1cncc(-c2ncc3[nH]nc(-c4nc5c(-c6ccc(F)s6)cncc5[nH]4)c3c2F)c1. The number of imidazole rings is 1. The Balaban J connectivity index is 1.45. The summed E-state index contributed by atoms with van der Waals surface area (Å²) in [6, 6.07) is 4.66. The van der Waals surface area contributed by atoms with Gasteiger partial charge in [-0.3, -0.25) is 24.8 Å². The number of amides is 1. The molecular weight excluding hydrogens is 498 g/mol. The van der Waals surface area contributed by atoms with Crippen LogP contribution in [0.2, 0.25) is 0 Å². The number of anilines is 1. The van der Waals surface area contributed by atoms with Gasteiger partial charge in [0.1, 0.15) is 16.9 Å². The Morgan fingerprint density at radius 1 is 1.03 bits per heavy atom. The first-order valence-corrected chi connectivity index (χ1v) is 12.1. The highest BCUT2D eigenvalue weighted by Crippen LogP contribution is 2.35. The van der Waals surface area contributed by atoms with Gasteiger partial charge in [0.25, 0.3) is 0 Å². The van der Waals surface area contributed by atoms with E-state index in [0.29, 0.717) is 44.1 Å². The molecule has 0 atom stereocenters. The largest absolute Gasteiger partial charge is 0.335 e. The lowest BCUT2D eigenvalue weighted by Crippen LogP contribution is -2.17. The van der Waals surface area contributed by atoms with E-state index in [-0.39, 0.29) is 33.7 Å². The summed E-state index contributed by atoms with van der Waals surface area (Å²) in [6.07, 6.45) is 7.65. The fourth-order valence-corrected chi connectivity index (χ4v) is 4.70. The molecule has 0 aliphatic carbocycles. The highest BCUT2D eigenvalue weighted by molar-refractivity contribution is 7.14. The molecular formula is C25H18F2N8OS. The van der Waals surface area contributed by atoms with Crippen molar-refractivity contribution in [1.29, 1.82) is 0 Å². The van der Waals surface area contributed by atoms with E-state index in [0.717, 1.165) is 11.3 Å². The molecule has 0 aromatic carbocycles. The molecule has 6 aromatic rings. The molecule has 6 rings (SSSR count). The van der Waals surface area contributed by atoms with Gasteiger partial charge in [-0.15, -0.1) is 11.3 Å². The zero-order valence-electron chi connectivity index (χ0n) is 19.5. The van der Waals surface area contributed by atoms with E-state index in [1.54, 1.807) is 38.4 Å². The lowest BCUT2D eigenvalue weighted by atomic mass is 10.1. The summed E-state index contributed by atoms with van der Waals surface area (Å²) < 4.78 is 29.6. The number of carbonyl (C=O) groups is 1. The summed E-state index contributed by atoms with van der Waals surface area (Å²) in [4.78, 5) is 33.2. The van der Waals surface area contributed by atoms with Crippen molar-refractivity contribution in [3.8, 4) is 33.2 Å². The van der Waals surface area contributed by atoms with Crippen molar-refractivity contribution in [1.82, 2.24) is 35.1 Å². The third kappa shape index (κ3) is 4.00. The maximum absolute atomic E-state index is 15.9. The van der Waals surface area contributed by atoms with E-state index in [2.05, 4.69) is 40.4 Å². The fraction of sp³-hybridized carbons (Fsp3) is 0.120. The molecule has 0 spiro atoms. The first kappa shape index (κ1) is 22.9. The number of nitrogens with zero attached hydrogens (tertiary/aromatic N) is 5. The molecule has 0 unspecified atom stereocenters. The van der Waals surface area contributed by atoms with Crippen molar-refractivity contribution >= 4 is 44.9 Å². The second kappa shape index (κ2) is 8.82. The monoisotopic (exact) mass is 516 g/mol. The molecule has 3 N–H and O–H groups in total. The Morgan fingerprint density at radius 2 is 1.86 bits per heavy atom. The molecule has 1 amide bonds. The van der Waals surface area contributed by atoms with Crippen molar-refractivity contribution in [2.45, 2.75) is 13.8 Å². The van der Waals surface area contributed by atoms with Gasteiger partial charge in [0, 0.05) is 34.3 Å². The van der Waals surface area contributed by atoms with Crippen LogP contribution in [0.3, 0.4) is 0 Å². The lowest BCUT2D eigenvalue weighted by molar-refractivity contribution is -0.118. The van der Waals surface area contributed by atoms with Gasteiger partial charge < -0.3 is 10.3 Å². The number of aromatic amines is 2. The van der Waals surface area contributed by atoms with E-state index in [1.807, 2.05) is 0 Å². The van der Waals surface area contributed by atoms with Gasteiger partial charge in [-0.2, -0.15) is 9.49 Å². The molecule has 12 heteroatoms. The van der Waals surface area contributed by atoms with Crippen LogP contribution in [0, 0.1) is 16.9 Å². The third-order valence-corrected chi connectivity index (χ3v) is 6.71. The highest BCUT2D eigenvalue weighted by atomic mass is 32.1. The summed E-state index contributed by atoms with van der Waals surface area (Å²) in [7, 11) is 0. The molecule has 0 radical (unpaired) electrons. The van der Waals surface area contributed by atoms with Gasteiger partial charge in [-0.25, -0.2) is 9.37 Å². The first-order valence-electron chi connectivity index (χ1n) is 11.3. The molecule has 9 nitrogen and oxygen atoms in total. The molecule has 0 fully saturated rings. The average Bonchev–Trinajstić information content (AvgIpc) is 3.62. The summed E-state index contributed by atoms with van der Waals surface area (Å²) in [6.45, 7) is 3.55. The van der Waals surface area contributed by atoms with E-state index < -0.39 is 5.82 Å². The molecule has 0 aliphatic rings. The Morgan fingerprint density at radius 3 is 2.65 bits per heavy atom. The lowest BCUT2D eigenvalue weighted by Gasteiger charge is -2.09. The zero-order valence-corrected chi connectivity index (χ0v) is 20.3. The maximum atomic E-state index is 15.9. The standard InChI is InChI=1S/C25H18F2N8OS/c1-11(2)25(36)31-13-5-12(6-28-7-13)21-20(27)19-15(10-30-21)34-35-23(19)24-32-16-9-29-8-14(22(16)33-24)17-3-4-18(26)37-17/h3-11H,1-2H3,(H,31,36)(H,32,33)(H,34,35). The van der Waals surface area contributed by atoms with Crippen molar-refractivity contribution in [2.24, 2.45) is 5.92 Å². The van der Waals surface area contributed by atoms with Gasteiger partial charge in [0.05, 0.1) is 40.7 Å². The van der Waals surface area contributed by atoms with Crippen molar-refractivity contribution in [3.63, 3.8) is 0 Å². The summed E-state index contributed by atoms with van der Waals surface area (Å²) in [5, 5.41) is 9.73. The summed E-state index contributed by atoms with van der Waals surface area (Å²) >= 11 is 0.990. The van der Waals surface area contributed by atoms with E-state index in [9.17, 15) is 9.18 Å². The number of aromatic nitrogens is 7. The normalized spacial score (nSPS) is 11.6. The molecule has 0 saturated heterocycles. The zero-order chi connectivity index (χ0) is 25.7. The molecule has 6 heterocycles. The van der Waals surface area contributed by atoms with E-state index >= 15 is 4.39 Å². The van der Waals surface area contributed by atoms with Gasteiger partial charge in [-0.1, -0.05) is 13.8 Å². The molecule has 184 valence electrons. The van der Waals surface area contributed by atoms with Crippen LogP contribution in [-0.2, 0) is 4.79 Å². The second-order valence-electron chi connectivity index (χ2n) is 8.66. The van der Waals surface area contributed by atoms with Gasteiger partial charge in [0.15, 0.2) is 16.8 Å². The number of pyridine rings is 3. The van der Waals surface area contributed by atoms with E-state index in [1.165, 1.54) is 24.7 Å². The maximum Gasteiger partial charge on any atom is 0.226 e. The van der Waals surface area contributed by atoms with Crippen LogP contribution in [0.5, 0.6) is 0 Å². The molecule has 37 heavy (non-hydrogen) atoms. The van der Waals surface area contributed by atoms with Crippen molar-refractivity contribution in [3.05, 3.63) is 60.1 Å². The Kier molecular flexibility index (Phi) is 5.45. The number of thiophene rings is 1. The van der Waals surface area contributed by atoms with Crippen LogP contribution in [0.1, 0.15) is 13.8 Å². The molecule has 0 bridgehead atoms. The topological polar surface area (TPSA) is 125 Å². The molecule has 0 aliphatic heterocycles. The summed E-state index contributed by atoms with van der Waals surface area (Å²) in [5.41, 5.74) is 3.34. The quantitative estimate of drug-likeness (QED) is 0.276. The van der Waals surface area contributed by atoms with Gasteiger partial charge in [0.2, 0.25) is 5.91 Å². The second-order valence-corrected chi connectivity index (χ2v) is 9.69. The number of halogens is 2. The number of rotatable bonds is 5. The minimum Gasteiger partial charge on any atom is -0.335 e. The average molecular weight is 517 g/mol. The Labute approximate surface area is 212 Å². The predicted molar refractivity (Wildman–Crippen MR) is 137 cm³/mol. The fourth-order valence-electron chi connectivity index (χ4n) is 3.96.